The zero-order chi connectivity index (χ0) is 14.0. The molecule has 0 nitrogen and oxygen atoms in total. The van der Waals surface area contributed by atoms with Crippen LogP contribution in [0.25, 0.3) is 0 Å². The minimum Gasteiger partial charge on any atom is -0.179 e. The van der Waals surface area contributed by atoms with E-state index in [0.29, 0.717) is 0 Å². The third-order valence-corrected chi connectivity index (χ3v) is 4.33. The fourth-order valence-corrected chi connectivity index (χ4v) is 2.88. The molecule has 0 heterocycles. The maximum absolute atomic E-state index is 4.24. The Labute approximate surface area is 150 Å². The van der Waals surface area contributed by atoms with Gasteiger partial charge in [-0.15, -0.1) is 0 Å². The van der Waals surface area contributed by atoms with Crippen molar-refractivity contribution in [2.75, 3.05) is 5.75 Å². The normalized spacial score (nSPS) is 10.5. The molecule has 0 aliphatic rings. The number of rotatable bonds is 16. The van der Waals surface area contributed by atoms with Gasteiger partial charge in [0.1, 0.15) is 0 Å². The quantitative estimate of drug-likeness (QED) is 0.160. The molecule has 0 aromatic carbocycles. The number of thiol groups is 1. The number of hydrogen-bond donors (Lipinski definition) is 1. The largest absolute Gasteiger partial charge is 0.179 e. The average molecular weight is 394 g/mol. The smallest absolute Gasteiger partial charge is 0 e. The molecule has 0 rings (SSSR count). The van der Waals surface area contributed by atoms with Crippen molar-refractivity contribution in [3.8, 4) is 0 Å². The second-order valence-electron chi connectivity index (χ2n) is 6.03. The van der Waals surface area contributed by atoms with Gasteiger partial charge in [-0.25, -0.2) is 0 Å². The van der Waals surface area contributed by atoms with Gasteiger partial charge in [-0.05, 0) is 12.2 Å². The van der Waals surface area contributed by atoms with E-state index in [4.69, 9.17) is 0 Å². The van der Waals surface area contributed by atoms with Gasteiger partial charge in [0.25, 0.3) is 0 Å². The predicted molar refractivity (Wildman–Crippen MR) is 93.4 cm³/mol. The summed E-state index contributed by atoms with van der Waals surface area (Å²) in [5.41, 5.74) is 0. The summed E-state index contributed by atoms with van der Waals surface area (Å²) >= 11 is 4.24. The van der Waals surface area contributed by atoms with Crippen molar-refractivity contribution in [3.63, 3.8) is 0 Å². The second-order valence-corrected chi connectivity index (χ2v) is 6.47. The first kappa shape index (κ1) is 23.4. The van der Waals surface area contributed by atoms with Crippen LogP contribution in [0.1, 0.15) is 110 Å². The summed E-state index contributed by atoms with van der Waals surface area (Å²) in [6.07, 6.45) is 23.1. The first-order valence-corrected chi connectivity index (χ1v) is 9.66. The first-order valence-electron chi connectivity index (χ1n) is 9.02. The molecule has 127 valence electrons. The van der Waals surface area contributed by atoms with Crippen LogP contribution in [0.4, 0.5) is 0 Å². The Hall–Kier alpha value is 1.09. The van der Waals surface area contributed by atoms with Crippen LogP contribution < -0.4 is 0 Å². The Kier molecular flexibility index (Phi) is 26.1. The van der Waals surface area contributed by atoms with Crippen molar-refractivity contribution in [3.05, 3.63) is 0 Å². The molecule has 0 aromatic rings. The van der Waals surface area contributed by atoms with Gasteiger partial charge >= 0.3 is 0 Å². The van der Waals surface area contributed by atoms with Gasteiger partial charge in [-0.1, -0.05) is 103 Å². The number of hydrogen-bond acceptors (Lipinski definition) is 1. The van der Waals surface area contributed by atoms with E-state index in [1.807, 2.05) is 0 Å². The van der Waals surface area contributed by atoms with E-state index < -0.39 is 0 Å². The Morgan fingerprint density at radius 1 is 0.450 bits per heavy atom. The molecule has 0 saturated heterocycles. The maximum atomic E-state index is 4.24. The number of unbranched alkanes of at least 4 members (excludes halogenated alkanes) is 15. The van der Waals surface area contributed by atoms with Crippen LogP contribution in [-0.2, 0) is 22.4 Å². The zero-order valence-corrected chi connectivity index (χ0v) is 16.1. The summed E-state index contributed by atoms with van der Waals surface area (Å²) < 4.78 is 0. The van der Waals surface area contributed by atoms with Crippen molar-refractivity contribution < 1.29 is 22.4 Å². The van der Waals surface area contributed by atoms with Crippen molar-refractivity contribution in [2.24, 2.45) is 0 Å². The molecule has 0 bridgehead atoms. The topological polar surface area (TPSA) is 0 Å². The summed E-state index contributed by atoms with van der Waals surface area (Å²) in [5, 5.41) is 0. The molecule has 0 amide bonds. The van der Waals surface area contributed by atoms with E-state index in [2.05, 4.69) is 19.6 Å². The van der Waals surface area contributed by atoms with Crippen LogP contribution in [0.2, 0.25) is 0 Å². The molecular weight excluding hydrogens is 356 g/mol. The fraction of sp³-hybridized carbons (Fsp3) is 1.00. The third-order valence-electron chi connectivity index (χ3n) is 4.01. The van der Waals surface area contributed by atoms with E-state index in [1.54, 1.807) is 0 Å². The molecule has 20 heavy (non-hydrogen) atoms. The van der Waals surface area contributed by atoms with Gasteiger partial charge in [0.2, 0.25) is 0 Å². The van der Waals surface area contributed by atoms with E-state index >= 15 is 0 Å². The Morgan fingerprint density at radius 3 is 0.950 bits per heavy atom. The summed E-state index contributed by atoms with van der Waals surface area (Å²) in [6.45, 7) is 2.29. The van der Waals surface area contributed by atoms with Gasteiger partial charge < -0.3 is 0 Å². The zero-order valence-electron chi connectivity index (χ0n) is 13.8. The van der Waals surface area contributed by atoms with Crippen LogP contribution in [0.3, 0.4) is 0 Å². The van der Waals surface area contributed by atoms with Crippen LogP contribution in [0, 0.1) is 0 Å². The molecule has 0 aromatic heterocycles. The van der Waals surface area contributed by atoms with Crippen LogP contribution in [0.5, 0.6) is 0 Å². The second kappa shape index (κ2) is 22.4. The summed E-state index contributed by atoms with van der Waals surface area (Å²) in [6, 6.07) is 0. The molecule has 2 heteroatoms. The summed E-state index contributed by atoms with van der Waals surface area (Å²) in [4.78, 5) is 0. The Balaban J connectivity index is 0. The Morgan fingerprint density at radius 2 is 0.700 bits per heavy atom. The molecule has 0 aliphatic heterocycles. The predicted octanol–water partition coefficient (Wildman–Crippen LogP) is 7.18. The standard InChI is InChI=1S/C18H38S.Ag/c1-2-3-4-5-6-7-8-9-10-11-12-13-14-15-16-17-18-19;/h19H,2-18H2,1H3;. The molecule has 0 unspecified atom stereocenters. The van der Waals surface area contributed by atoms with Gasteiger partial charge in [-0.2, -0.15) is 12.6 Å². The van der Waals surface area contributed by atoms with Gasteiger partial charge in [0.15, 0.2) is 0 Å². The van der Waals surface area contributed by atoms with Crippen molar-refractivity contribution >= 4 is 12.6 Å². The van der Waals surface area contributed by atoms with Crippen molar-refractivity contribution in [2.45, 2.75) is 110 Å². The average Bonchev–Trinajstić information content (AvgIpc) is 2.43. The van der Waals surface area contributed by atoms with E-state index in [9.17, 15) is 0 Å². The Bertz CT molecular complexity index is 134. The van der Waals surface area contributed by atoms with Gasteiger partial charge in [0, 0.05) is 22.4 Å². The molecule has 0 aliphatic carbocycles. The van der Waals surface area contributed by atoms with Crippen molar-refractivity contribution in [1.82, 2.24) is 0 Å². The summed E-state index contributed by atoms with van der Waals surface area (Å²) in [7, 11) is 0. The van der Waals surface area contributed by atoms with Crippen LogP contribution in [0.15, 0.2) is 0 Å². The minimum atomic E-state index is 0. The van der Waals surface area contributed by atoms with E-state index in [0.717, 1.165) is 5.75 Å². The molecule has 0 N–H and O–H groups in total. The van der Waals surface area contributed by atoms with Crippen LogP contribution >= 0.6 is 12.6 Å². The summed E-state index contributed by atoms with van der Waals surface area (Å²) in [5.74, 6) is 1.07. The third kappa shape index (κ3) is 21.4. The van der Waals surface area contributed by atoms with Crippen molar-refractivity contribution in [1.29, 1.82) is 0 Å². The molecule has 0 atom stereocenters. The SMILES string of the molecule is CCCCCCCCCCCCCCCCCCS.[Ag]. The van der Waals surface area contributed by atoms with E-state index in [1.165, 1.54) is 103 Å². The van der Waals surface area contributed by atoms with Gasteiger partial charge in [-0.3, -0.25) is 0 Å². The monoisotopic (exact) mass is 393 g/mol. The van der Waals surface area contributed by atoms with Gasteiger partial charge in [0.05, 0.1) is 0 Å². The molecule has 1 radical (unpaired) electrons. The molecule has 0 spiro atoms. The maximum Gasteiger partial charge on any atom is 0 e. The molecule has 0 fully saturated rings. The van der Waals surface area contributed by atoms with E-state index in [-0.39, 0.29) is 22.4 Å². The van der Waals surface area contributed by atoms with Crippen LogP contribution in [-0.4, -0.2) is 5.75 Å². The minimum absolute atomic E-state index is 0. The first-order chi connectivity index (χ1) is 9.41. The molecule has 0 saturated carbocycles. The molecular formula is C18H38AgS. The fourth-order valence-electron chi connectivity index (χ4n) is 2.66.